The zero-order valence-corrected chi connectivity index (χ0v) is 13.4. The maximum Gasteiger partial charge on any atom is 0.175 e. The van der Waals surface area contributed by atoms with E-state index in [2.05, 4.69) is 65.8 Å². The highest BCUT2D eigenvalue weighted by Gasteiger charge is 2.17. The molecule has 0 radical (unpaired) electrons. The molecule has 0 aliphatic carbocycles. The van der Waals surface area contributed by atoms with Crippen LogP contribution in [-0.4, -0.2) is 33.3 Å². The van der Waals surface area contributed by atoms with Crippen molar-refractivity contribution in [2.24, 2.45) is 13.0 Å². The number of rotatable bonds is 7. The van der Waals surface area contributed by atoms with E-state index < -0.39 is 0 Å². The second-order valence-corrected chi connectivity index (χ2v) is 6.00. The second kappa shape index (κ2) is 7.31. The summed E-state index contributed by atoms with van der Waals surface area (Å²) in [7, 11) is 1.80. The van der Waals surface area contributed by atoms with E-state index in [0.29, 0.717) is 11.8 Å². The monoisotopic (exact) mass is 287 g/mol. The van der Waals surface area contributed by atoms with E-state index >= 15 is 0 Å². The number of hydrogen-bond donors (Lipinski definition) is 1. The Hall–Kier alpha value is -1.75. The van der Waals surface area contributed by atoms with Crippen LogP contribution < -0.4 is 5.32 Å². The molecule has 1 atom stereocenters. The van der Waals surface area contributed by atoms with E-state index in [9.17, 15) is 0 Å². The van der Waals surface area contributed by atoms with Crippen molar-refractivity contribution in [2.45, 2.75) is 33.1 Å². The van der Waals surface area contributed by atoms with Crippen molar-refractivity contribution in [2.75, 3.05) is 13.1 Å². The van der Waals surface area contributed by atoms with Crippen molar-refractivity contribution in [1.82, 2.24) is 25.5 Å². The van der Waals surface area contributed by atoms with Crippen LogP contribution in [0.5, 0.6) is 0 Å². The Bertz CT molecular complexity index is 561. The van der Waals surface area contributed by atoms with Gasteiger partial charge in [-0.2, -0.15) is 4.80 Å². The van der Waals surface area contributed by atoms with Gasteiger partial charge < -0.3 is 5.32 Å². The lowest BCUT2D eigenvalue weighted by Crippen LogP contribution is -2.27. The van der Waals surface area contributed by atoms with Gasteiger partial charge in [-0.15, -0.1) is 10.2 Å². The predicted octanol–water partition coefficient (Wildman–Crippen LogP) is 2.09. The fraction of sp³-hybridized carbons (Fsp3) is 0.562. The maximum atomic E-state index is 4.32. The van der Waals surface area contributed by atoms with Crippen LogP contribution in [0.1, 0.15) is 36.7 Å². The van der Waals surface area contributed by atoms with Gasteiger partial charge in [-0.25, -0.2) is 0 Å². The highest BCUT2D eigenvalue weighted by molar-refractivity contribution is 5.30. The molecule has 1 heterocycles. The Labute approximate surface area is 126 Å². The van der Waals surface area contributed by atoms with Gasteiger partial charge in [0.2, 0.25) is 0 Å². The number of hydrogen-bond acceptors (Lipinski definition) is 4. The van der Waals surface area contributed by atoms with Gasteiger partial charge in [-0.1, -0.05) is 38.1 Å². The molecule has 5 nitrogen and oxygen atoms in total. The van der Waals surface area contributed by atoms with Crippen LogP contribution in [0.15, 0.2) is 24.3 Å². The molecule has 0 spiro atoms. The number of tetrazole rings is 1. The molecular formula is C16H25N5. The molecule has 1 aromatic heterocycles. The van der Waals surface area contributed by atoms with Crippen LogP contribution >= 0.6 is 0 Å². The van der Waals surface area contributed by atoms with Gasteiger partial charge in [0.15, 0.2) is 5.82 Å². The minimum absolute atomic E-state index is 0.370. The van der Waals surface area contributed by atoms with E-state index in [0.717, 1.165) is 25.3 Å². The highest BCUT2D eigenvalue weighted by atomic mass is 15.6. The molecule has 0 amide bonds. The third-order valence-electron chi connectivity index (χ3n) is 3.55. The molecular weight excluding hydrogens is 262 g/mol. The van der Waals surface area contributed by atoms with Gasteiger partial charge in [0.05, 0.1) is 7.05 Å². The Kier molecular flexibility index (Phi) is 5.44. The molecule has 2 aromatic rings. The molecule has 0 saturated carbocycles. The van der Waals surface area contributed by atoms with Crippen LogP contribution in [-0.2, 0) is 13.5 Å². The molecule has 1 unspecified atom stereocenters. The largest absolute Gasteiger partial charge is 0.316 e. The normalized spacial score (nSPS) is 12.8. The average molecular weight is 287 g/mol. The minimum atomic E-state index is 0.370. The number of nitrogens with one attached hydrogen (secondary N) is 1. The van der Waals surface area contributed by atoms with Gasteiger partial charge in [0.1, 0.15) is 0 Å². The zero-order chi connectivity index (χ0) is 15.2. The standard InChI is InChI=1S/C16H25N5/c1-12(2)10-17-11-14(9-16-18-20-21(4)19-16)15-8-6-5-7-13(15)3/h5-8,12,14,17H,9-11H2,1-4H3. The number of aromatic nitrogens is 4. The SMILES string of the molecule is Cc1ccccc1C(CNCC(C)C)Cc1nnn(C)n1. The van der Waals surface area contributed by atoms with Gasteiger partial charge in [0.25, 0.3) is 0 Å². The fourth-order valence-corrected chi connectivity index (χ4v) is 2.51. The molecule has 21 heavy (non-hydrogen) atoms. The first-order chi connectivity index (χ1) is 10.1. The summed E-state index contributed by atoms with van der Waals surface area (Å²) in [6.07, 6.45) is 0.809. The smallest absolute Gasteiger partial charge is 0.175 e. The first-order valence-electron chi connectivity index (χ1n) is 7.55. The second-order valence-electron chi connectivity index (χ2n) is 6.00. The summed E-state index contributed by atoms with van der Waals surface area (Å²) in [5.74, 6) is 1.82. The van der Waals surface area contributed by atoms with Crippen LogP contribution in [0.2, 0.25) is 0 Å². The summed E-state index contributed by atoms with van der Waals surface area (Å²) in [4.78, 5) is 1.52. The van der Waals surface area contributed by atoms with Crippen LogP contribution in [0.3, 0.4) is 0 Å². The summed E-state index contributed by atoms with van der Waals surface area (Å²) in [6.45, 7) is 8.56. The molecule has 0 saturated heterocycles. The average Bonchev–Trinajstić information content (AvgIpc) is 2.83. The van der Waals surface area contributed by atoms with Crippen LogP contribution in [0.25, 0.3) is 0 Å². The summed E-state index contributed by atoms with van der Waals surface area (Å²) in [5.41, 5.74) is 2.68. The number of aryl methyl sites for hydroxylation is 2. The molecule has 1 N–H and O–H groups in total. The quantitative estimate of drug-likeness (QED) is 0.847. The zero-order valence-electron chi connectivity index (χ0n) is 13.4. The van der Waals surface area contributed by atoms with Crippen molar-refractivity contribution >= 4 is 0 Å². The van der Waals surface area contributed by atoms with Crippen LogP contribution in [0, 0.1) is 12.8 Å². The lowest BCUT2D eigenvalue weighted by atomic mass is 9.91. The van der Waals surface area contributed by atoms with Crippen molar-refractivity contribution in [3.63, 3.8) is 0 Å². The number of nitrogens with zero attached hydrogens (tertiary/aromatic N) is 4. The molecule has 0 aliphatic rings. The summed E-state index contributed by atoms with van der Waals surface area (Å²) in [5, 5.41) is 15.9. The fourth-order valence-electron chi connectivity index (χ4n) is 2.51. The van der Waals surface area contributed by atoms with E-state index in [1.165, 1.54) is 15.9 Å². The van der Waals surface area contributed by atoms with E-state index in [4.69, 9.17) is 0 Å². The van der Waals surface area contributed by atoms with E-state index in [-0.39, 0.29) is 0 Å². The summed E-state index contributed by atoms with van der Waals surface area (Å²) < 4.78 is 0. The summed E-state index contributed by atoms with van der Waals surface area (Å²) >= 11 is 0. The van der Waals surface area contributed by atoms with Crippen molar-refractivity contribution in [3.8, 4) is 0 Å². The van der Waals surface area contributed by atoms with Crippen molar-refractivity contribution in [1.29, 1.82) is 0 Å². The molecule has 5 heteroatoms. The lowest BCUT2D eigenvalue weighted by molar-refractivity contribution is 0.508. The van der Waals surface area contributed by atoms with E-state index in [1.54, 1.807) is 7.05 Å². The van der Waals surface area contributed by atoms with E-state index in [1.807, 2.05) is 0 Å². The molecule has 0 bridgehead atoms. The van der Waals surface area contributed by atoms with Gasteiger partial charge in [-0.3, -0.25) is 0 Å². The lowest BCUT2D eigenvalue weighted by Gasteiger charge is -2.19. The third-order valence-corrected chi connectivity index (χ3v) is 3.55. The Morgan fingerprint density at radius 1 is 1.19 bits per heavy atom. The topological polar surface area (TPSA) is 55.6 Å². The van der Waals surface area contributed by atoms with Crippen LogP contribution in [0.4, 0.5) is 0 Å². The Morgan fingerprint density at radius 3 is 2.57 bits per heavy atom. The van der Waals surface area contributed by atoms with Crippen molar-refractivity contribution in [3.05, 3.63) is 41.2 Å². The summed E-state index contributed by atoms with van der Waals surface area (Å²) in [6, 6.07) is 8.54. The van der Waals surface area contributed by atoms with Gasteiger partial charge in [0, 0.05) is 18.9 Å². The maximum absolute atomic E-state index is 4.32. The van der Waals surface area contributed by atoms with Gasteiger partial charge >= 0.3 is 0 Å². The molecule has 0 aliphatic heterocycles. The minimum Gasteiger partial charge on any atom is -0.316 e. The Balaban J connectivity index is 2.12. The first kappa shape index (κ1) is 15.6. The Morgan fingerprint density at radius 2 is 1.95 bits per heavy atom. The van der Waals surface area contributed by atoms with Gasteiger partial charge in [-0.05, 0) is 35.7 Å². The molecule has 0 fully saturated rings. The molecule has 1 aromatic carbocycles. The first-order valence-corrected chi connectivity index (χ1v) is 7.55. The van der Waals surface area contributed by atoms with Crippen molar-refractivity contribution < 1.29 is 0 Å². The predicted molar refractivity (Wildman–Crippen MR) is 84.1 cm³/mol. The highest BCUT2D eigenvalue weighted by Crippen LogP contribution is 2.22. The molecule has 114 valence electrons. The third kappa shape index (κ3) is 4.63. The molecule has 2 rings (SSSR count). The number of benzene rings is 1.